The summed E-state index contributed by atoms with van der Waals surface area (Å²) in [5, 5.41) is 0. The number of benzene rings is 10. The number of nitrogens with zero attached hydrogens (tertiary/aromatic N) is 1. The maximum Gasteiger partial charge on any atom is 0.0714 e. The number of anilines is 3. The van der Waals surface area contributed by atoms with Gasteiger partial charge < -0.3 is 4.90 Å². The van der Waals surface area contributed by atoms with Gasteiger partial charge in [-0.3, -0.25) is 0 Å². The standard InChI is InChI=1S/C66H49N/c1-64(2)56-33-17-13-28-49(56)51-40-38-47(42-60(51)64)67(48-39-41-52-50-29-14-19-35-58(50)66(61(52)43-48,45-24-9-5-10-25-45)46-26-11-6-12-27-46)62-37-20-16-30-53(62)54-32-21-36-59-63(54)55-31-15-18-34-57(55)65(59,3)44-22-7-4-8-23-44/h4-43H,1-3H3. The zero-order chi connectivity index (χ0) is 44.9. The van der Waals surface area contributed by atoms with E-state index in [1.165, 1.54) is 94.6 Å². The zero-order valence-corrected chi connectivity index (χ0v) is 38.0. The third-order valence-corrected chi connectivity index (χ3v) is 15.6. The molecule has 0 fully saturated rings. The van der Waals surface area contributed by atoms with Gasteiger partial charge in [0.05, 0.1) is 11.1 Å². The molecule has 1 heteroatoms. The molecule has 0 saturated carbocycles. The van der Waals surface area contributed by atoms with Crippen LogP contribution in [0.5, 0.6) is 0 Å². The first kappa shape index (κ1) is 39.4. The summed E-state index contributed by atoms with van der Waals surface area (Å²) >= 11 is 0. The van der Waals surface area contributed by atoms with Crippen LogP contribution in [0.2, 0.25) is 0 Å². The predicted molar refractivity (Wildman–Crippen MR) is 279 cm³/mol. The molecule has 3 aliphatic rings. The van der Waals surface area contributed by atoms with Gasteiger partial charge in [0, 0.05) is 27.8 Å². The summed E-state index contributed by atoms with van der Waals surface area (Å²) in [7, 11) is 0. The quantitative estimate of drug-likeness (QED) is 0.154. The Morgan fingerprint density at radius 1 is 0.284 bits per heavy atom. The Bertz CT molecular complexity index is 3530. The molecule has 0 spiro atoms. The summed E-state index contributed by atoms with van der Waals surface area (Å²) in [5.41, 5.74) is 24.4. The molecule has 1 unspecified atom stereocenters. The van der Waals surface area contributed by atoms with E-state index in [2.05, 4.69) is 268 Å². The van der Waals surface area contributed by atoms with Crippen molar-refractivity contribution < 1.29 is 0 Å². The number of para-hydroxylation sites is 1. The lowest BCUT2D eigenvalue weighted by atomic mass is 9.67. The molecule has 0 heterocycles. The first-order chi connectivity index (χ1) is 32.9. The summed E-state index contributed by atoms with van der Waals surface area (Å²) in [4.78, 5) is 2.55. The molecule has 0 bridgehead atoms. The molecule has 1 nitrogen and oxygen atoms in total. The molecule has 318 valence electrons. The maximum absolute atomic E-state index is 2.55. The average Bonchev–Trinajstić information content (AvgIpc) is 3.93. The van der Waals surface area contributed by atoms with E-state index in [1.54, 1.807) is 0 Å². The Kier molecular flexibility index (Phi) is 8.67. The lowest BCUT2D eigenvalue weighted by Gasteiger charge is -2.35. The molecule has 1 atom stereocenters. The highest BCUT2D eigenvalue weighted by atomic mass is 15.1. The summed E-state index contributed by atoms with van der Waals surface area (Å²) in [5.74, 6) is 0. The molecule has 0 amide bonds. The Balaban J connectivity index is 1.09. The van der Waals surface area contributed by atoms with Crippen molar-refractivity contribution in [3.63, 3.8) is 0 Å². The molecule has 3 aliphatic carbocycles. The fourth-order valence-electron chi connectivity index (χ4n) is 12.6. The maximum atomic E-state index is 2.55. The summed E-state index contributed by atoms with van der Waals surface area (Å²) in [6.07, 6.45) is 0. The van der Waals surface area contributed by atoms with Crippen LogP contribution < -0.4 is 4.90 Å². The van der Waals surface area contributed by atoms with Crippen molar-refractivity contribution in [2.24, 2.45) is 0 Å². The van der Waals surface area contributed by atoms with Crippen molar-refractivity contribution in [2.75, 3.05) is 4.90 Å². The normalized spacial score (nSPS) is 16.3. The van der Waals surface area contributed by atoms with Gasteiger partial charge in [0.2, 0.25) is 0 Å². The van der Waals surface area contributed by atoms with E-state index in [4.69, 9.17) is 0 Å². The van der Waals surface area contributed by atoms with Crippen molar-refractivity contribution in [3.8, 4) is 44.5 Å². The first-order valence-electron chi connectivity index (χ1n) is 23.7. The van der Waals surface area contributed by atoms with E-state index in [0.717, 1.165) is 17.1 Å². The number of fused-ring (bicyclic) bond motifs is 9. The van der Waals surface area contributed by atoms with Crippen LogP contribution in [0.1, 0.15) is 70.8 Å². The van der Waals surface area contributed by atoms with Gasteiger partial charge in [-0.1, -0.05) is 226 Å². The Hall–Kier alpha value is -8.00. The highest BCUT2D eigenvalue weighted by Gasteiger charge is 2.47. The van der Waals surface area contributed by atoms with E-state index in [0.29, 0.717) is 0 Å². The second kappa shape index (κ2) is 14.8. The van der Waals surface area contributed by atoms with E-state index in [1.807, 2.05) is 0 Å². The summed E-state index contributed by atoms with van der Waals surface area (Å²) < 4.78 is 0. The zero-order valence-electron chi connectivity index (χ0n) is 38.0. The molecule has 67 heavy (non-hydrogen) atoms. The Morgan fingerprint density at radius 2 is 0.716 bits per heavy atom. The predicted octanol–water partition coefficient (Wildman–Crippen LogP) is 16.8. The Labute approximate surface area is 394 Å². The van der Waals surface area contributed by atoms with Crippen LogP contribution in [0.25, 0.3) is 44.5 Å². The monoisotopic (exact) mass is 855 g/mol. The molecule has 0 aromatic heterocycles. The number of rotatable bonds is 7. The molecule has 13 rings (SSSR count). The van der Waals surface area contributed by atoms with Crippen molar-refractivity contribution in [1.82, 2.24) is 0 Å². The lowest BCUT2D eigenvalue weighted by molar-refractivity contribution is 0.660. The molecule has 0 saturated heterocycles. The summed E-state index contributed by atoms with van der Waals surface area (Å²) in [6.45, 7) is 7.18. The second-order valence-corrected chi connectivity index (χ2v) is 19.3. The second-order valence-electron chi connectivity index (χ2n) is 19.3. The molecule has 10 aromatic carbocycles. The van der Waals surface area contributed by atoms with Gasteiger partial charge in [-0.15, -0.1) is 0 Å². The van der Waals surface area contributed by atoms with Crippen molar-refractivity contribution in [2.45, 2.75) is 37.0 Å². The van der Waals surface area contributed by atoms with Crippen molar-refractivity contribution in [3.05, 3.63) is 293 Å². The van der Waals surface area contributed by atoms with Crippen LogP contribution in [0.15, 0.2) is 243 Å². The highest BCUT2D eigenvalue weighted by Crippen LogP contribution is 2.60. The van der Waals surface area contributed by atoms with Crippen molar-refractivity contribution >= 4 is 17.1 Å². The van der Waals surface area contributed by atoms with Gasteiger partial charge in [-0.05, 0) is 126 Å². The fourth-order valence-corrected chi connectivity index (χ4v) is 12.6. The minimum Gasteiger partial charge on any atom is -0.310 e. The number of hydrogen-bond donors (Lipinski definition) is 0. The van der Waals surface area contributed by atoms with Gasteiger partial charge in [0.15, 0.2) is 0 Å². The minimum atomic E-state index is -0.539. The van der Waals surface area contributed by atoms with Gasteiger partial charge in [-0.2, -0.15) is 0 Å². The highest BCUT2D eigenvalue weighted by molar-refractivity contribution is 6.00. The largest absolute Gasteiger partial charge is 0.310 e. The molecule has 0 aliphatic heterocycles. The minimum absolute atomic E-state index is 0.172. The van der Waals surface area contributed by atoms with Crippen LogP contribution in [0.3, 0.4) is 0 Å². The van der Waals surface area contributed by atoms with Gasteiger partial charge in [0.25, 0.3) is 0 Å². The number of hydrogen-bond acceptors (Lipinski definition) is 1. The molecular weight excluding hydrogens is 807 g/mol. The molecule has 0 N–H and O–H groups in total. The fraction of sp³-hybridized carbons (Fsp3) is 0.0909. The van der Waals surface area contributed by atoms with E-state index in [-0.39, 0.29) is 10.8 Å². The lowest BCUT2D eigenvalue weighted by Crippen LogP contribution is -2.28. The topological polar surface area (TPSA) is 3.24 Å². The van der Waals surface area contributed by atoms with Crippen LogP contribution in [0.4, 0.5) is 17.1 Å². The molecular formula is C66H49N. The molecule has 10 aromatic rings. The average molecular weight is 856 g/mol. The third kappa shape index (κ3) is 5.49. The first-order valence-corrected chi connectivity index (χ1v) is 23.7. The SMILES string of the molecule is CC1(C)c2ccccc2-c2ccc(N(c3ccc4c(c3)C(c3ccccc3)(c3ccccc3)c3ccccc3-4)c3ccccc3-c3cccc4c3-c3ccccc3C4(C)c3ccccc3)cc21. The van der Waals surface area contributed by atoms with E-state index >= 15 is 0 Å². The van der Waals surface area contributed by atoms with Crippen LogP contribution >= 0.6 is 0 Å². The van der Waals surface area contributed by atoms with Gasteiger partial charge >= 0.3 is 0 Å². The van der Waals surface area contributed by atoms with Crippen molar-refractivity contribution in [1.29, 1.82) is 0 Å². The van der Waals surface area contributed by atoms with Crippen LogP contribution in [-0.2, 0) is 16.2 Å². The van der Waals surface area contributed by atoms with E-state index < -0.39 is 5.41 Å². The van der Waals surface area contributed by atoms with Gasteiger partial charge in [0.1, 0.15) is 0 Å². The summed E-state index contributed by atoms with van der Waals surface area (Å²) in [6, 6.07) is 91.0. The smallest absolute Gasteiger partial charge is 0.0714 e. The van der Waals surface area contributed by atoms with E-state index in [9.17, 15) is 0 Å². The third-order valence-electron chi connectivity index (χ3n) is 15.6. The molecule has 0 radical (unpaired) electrons. The van der Waals surface area contributed by atoms with Crippen LogP contribution in [-0.4, -0.2) is 0 Å². The Morgan fingerprint density at radius 3 is 1.36 bits per heavy atom. The van der Waals surface area contributed by atoms with Gasteiger partial charge in [-0.25, -0.2) is 0 Å². The van der Waals surface area contributed by atoms with Crippen LogP contribution in [0, 0.1) is 0 Å².